The zero-order valence-corrected chi connectivity index (χ0v) is 12.1. The largest absolute Gasteiger partial charge is 0.476 e. The number of carboxylic acid groups (broad SMARTS) is 1. The van der Waals surface area contributed by atoms with Crippen molar-refractivity contribution < 1.29 is 14.6 Å². The van der Waals surface area contributed by atoms with Crippen molar-refractivity contribution in [1.82, 2.24) is 15.0 Å². The maximum absolute atomic E-state index is 11.1. The van der Waals surface area contributed by atoms with Crippen molar-refractivity contribution in [2.45, 2.75) is 40.2 Å². The van der Waals surface area contributed by atoms with E-state index >= 15 is 0 Å². The third-order valence-electron chi connectivity index (χ3n) is 2.94. The maximum Gasteiger partial charge on any atom is 0.358 e. The molecule has 1 aromatic rings. The van der Waals surface area contributed by atoms with E-state index in [-0.39, 0.29) is 5.69 Å². The average Bonchev–Trinajstić information content (AvgIpc) is 2.68. The van der Waals surface area contributed by atoms with Gasteiger partial charge in [-0.2, -0.15) is 0 Å². The van der Waals surface area contributed by atoms with Gasteiger partial charge >= 0.3 is 5.97 Å². The number of methoxy groups -OCH3 is 1. The predicted molar refractivity (Wildman–Crippen MR) is 71.2 cm³/mol. The Labute approximate surface area is 113 Å². The molecule has 0 fully saturated rings. The minimum Gasteiger partial charge on any atom is -0.476 e. The second-order valence-electron chi connectivity index (χ2n) is 5.35. The van der Waals surface area contributed by atoms with Crippen LogP contribution in [0.3, 0.4) is 0 Å². The lowest BCUT2D eigenvalue weighted by Crippen LogP contribution is -2.16. The van der Waals surface area contributed by atoms with Crippen LogP contribution in [-0.2, 0) is 17.7 Å². The van der Waals surface area contributed by atoms with Crippen LogP contribution in [0.1, 0.15) is 43.4 Å². The van der Waals surface area contributed by atoms with Crippen molar-refractivity contribution in [2.24, 2.45) is 11.8 Å². The van der Waals surface area contributed by atoms with E-state index in [0.717, 1.165) is 6.42 Å². The molecule has 6 heteroatoms. The summed E-state index contributed by atoms with van der Waals surface area (Å²) in [7, 11) is 1.59. The third kappa shape index (κ3) is 4.63. The summed E-state index contributed by atoms with van der Waals surface area (Å²) in [6, 6.07) is 0. The van der Waals surface area contributed by atoms with E-state index in [1.807, 2.05) is 0 Å². The first-order valence-corrected chi connectivity index (χ1v) is 6.60. The fraction of sp³-hybridized carbons (Fsp3) is 0.769. The van der Waals surface area contributed by atoms with Crippen molar-refractivity contribution in [3.05, 3.63) is 11.4 Å². The fourth-order valence-corrected chi connectivity index (χ4v) is 2.27. The first-order chi connectivity index (χ1) is 8.95. The zero-order chi connectivity index (χ0) is 14.4. The first-order valence-electron chi connectivity index (χ1n) is 6.60. The van der Waals surface area contributed by atoms with Gasteiger partial charge in [-0.3, -0.25) is 0 Å². The molecule has 1 rings (SSSR count). The summed E-state index contributed by atoms with van der Waals surface area (Å²) in [6.07, 6.45) is 1.59. The second-order valence-corrected chi connectivity index (χ2v) is 5.35. The quantitative estimate of drug-likeness (QED) is 0.779. The highest BCUT2D eigenvalue weighted by atomic mass is 16.5. The fourth-order valence-electron chi connectivity index (χ4n) is 2.27. The summed E-state index contributed by atoms with van der Waals surface area (Å²) < 4.78 is 6.72. The number of nitrogens with zero attached hydrogens (tertiary/aromatic N) is 3. The maximum atomic E-state index is 11.1. The molecule has 0 aliphatic heterocycles. The summed E-state index contributed by atoms with van der Waals surface area (Å²) >= 11 is 0. The van der Waals surface area contributed by atoms with E-state index in [0.29, 0.717) is 37.1 Å². The Bertz CT molecular complexity index is 415. The second kappa shape index (κ2) is 7.23. The van der Waals surface area contributed by atoms with E-state index in [1.54, 1.807) is 11.8 Å². The highest BCUT2D eigenvalue weighted by Crippen LogP contribution is 2.15. The van der Waals surface area contributed by atoms with E-state index in [9.17, 15) is 4.79 Å². The molecule has 0 bridgehead atoms. The van der Waals surface area contributed by atoms with Crippen molar-refractivity contribution in [2.75, 3.05) is 13.7 Å². The lowest BCUT2D eigenvalue weighted by atomic mass is 9.99. The molecule has 1 atom stereocenters. The van der Waals surface area contributed by atoms with Crippen molar-refractivity contribution in [3.63, 3.8) is 0 Å². The Morgan fingerprint density at radius 3 is 2.63 bits per heavy atom. The summed E-state index contributed by atoms with van der Waals surface area (Å²) in [6.45, 7) is 7.64. The van der Waals surface area contributed by atoms with Crippen LogP contribution >= 0.6 is 0 Å². The minimum absolute atomic E-state index is 0.0359. The van der Waals surface area contributed by atoms with Gasteiger partial charge in [-0.05, 0) is 18.3 Å². The van der Waals surface area contributed by atoms with Crippen molar-refractivity contribution >= 4 is 5.97 Å². The van der Waals surface area contributed by atoms with Crippen LogP contribution in [0.25, 0.3) is 0 Å². The first kappa shape index (κ1) is 15.6. The average molecular weight is 269 g/mol. The third-order valence-corrected chi connectivity index (χ3v) is 2.94. The molecule has 0 saturated heterocycles. The molecule has 108 valence electrons. The Kier molecular flexibility index (Phi) is 5.95. The lowest BCUT2D eigenvalue weighted by Gasteiger charge is -2.15. The molecule has 0 spiro atoms. The zero-order valence-electron chi connectivity index (χ0n) is 12.1. The van der Waals surface area contributed by atoms with E-state index in [1.165, 1.54) is 0 Å². The van der Waals surface area contributed by atoms with Gasteiger partial charge < -0.3 is 9.84 Å². The number of hydrogen-bond donors (Lipinski definition) is 1. The predicted octanol–water partition coefficient (Wildman–Crippen LogP) is 1.85. The molecule has 19 heavy (non-hydrogen) atoms. The highest BCUT2D eigenvalue weighted by Gasteiger charge is 2.19. The smallest absolute Gasteiger partial charge is 0.358 e. The molecule has 0 amide bonds. The van der Waals surface area contributed by atoms with E-state index in [4.69, 9.17) is 9.84 Å². The number of aromatic carboxylic acids is 1. The number of carbonyl (C=O) groups is 1. The Balaban J connectivity index is 2.84. The van der Waals surface area contributed by atoms with Gasteiger partial charge in [-0.25, -0.2) is 9.48 Å². The molecule has 1 heterocycles. The molecular weight excluding hydrogens is 246 g/mol. The molecule has 6 nitrogen and oxygen atoms in total. The standard InChI is InChI=1S/C13H23N3O3/c1-9(2)7-10(3)8-16-11(5-6-19-4)12(13(17)18)14-15-16/h9-10H,5-8H2,1-4H3,(H,17,18). The summed E-state index contributed by atoms with van der Waals surface area (Å²) in [5.41, 5.74) is 0.679. The number of ether oxygens (including phenoxy) is 1. The molecule has 0 saturated carbocycles. The topological polar surface area (TPSA) is 77.2 Å². The summed E-state index contributed by atoms with van der Waals surface area (Å²) in [4.78, 5) is 11.1. The minimum atomic E-state index is -1.03. The van der Waals surface area contributed by atoms with Crippen LogP contribution in [0.15, 0.2) is 0 Å². The Hall–Kier alpha value is -1.43. The van der Waals surface area contributed by atoms with Gasteiger partial charge in [-0.15, -0.1) is 5.10 Å². The Morgan fingerprint density at radius 1 is 1.42 bits per heavy atom. The van der Waals surface area contributed by atoms with Gasteiger partial charge in [0.25, 0.3) is 0 Å². The molecule has 1 unspecified atom stereocenters. The van der Waals surface area contributed by atoms with Gasteiger partial charge in [0, 0.05) is 20.1 Å². The van der Waals surface area contributed by atoms with Crippen LogP contribution < -0.4 is 0 Å². The number of carboxylic acids is 1. The number of rotatable bonds is 8. The van der Waals surface area contributed by atoms with Crippen molar-refractivity contribution in [1.29, 1.82) is 0 Å². The monoisotopic (exact) mass is 269 g/mol. The SMILES string of the molecule is COCCc1c(C(=O)O)nnn1CC(C)CC(C)C. The molecule has 0 aliphatic rings. The van der Waals surface area contributed by atoms with Crippen LogP contribution in [0, 0.1) is 11.8 Å². The van der Waals surface area contributed by atoms with Gasteiger partial charge in [0.1, 0.15) is 0 Å². The molecule has 1 aromatic heterocycles. The number of hydrogen-bond acceptors (Lipinski definition) is 4. The molecule has 0 radical (unpaired) electrons. The van der Waals surface area contributed by atoms with Crippen LogP contribution in [0.4, 0.5) is 0 Å². The molecule has 0 aromatic carbocycles. The molecule has 1 N–H and O–H groups in total. The van der Waals surface area contributed by atoms with Crippen molar-refractivity contribution in [3.8, 4) is 0 Å². The van der Waals surface area contributed by atoms with E-state index in [2.05, 4.69) is 31.1 Å². The van der Waals surface area contributed by atoms with Crippen LogP contribution in [0.5, 0.6) is 0 Å². The van der Waals surface area contributed by atoms with E-state index < -0.39 is 5.97 Å². The van der Waals surface area contributed by atoms with Crippen LogP contribution in [0.2, 0.25) is 0 Å². The summed E-state index contributed by atoms with van der Waals surface area (Å²) in [5, 5.41) is 16.8. The van der Waals surface area contributed by atoms with Gasteiger partial charge in [-0.1, -0.05) is 26.0 Å². The molecule has 0 aliphatic carbocycles. The van der Waals surface area contributed by atoms with Gasteiger partial charge in [0.05, 0.1) is 12.3 Å². The number of aromatic nitrogens is 3. The summed E-state index contributed by atoms with van der Waals surface area (Å²) in [5.74, 6) is 0.0124. The van der Waals surface area contributed by atoms with Gasteiger partial charge in [0.15, 0.2) is 5.69 Å². The highest BCUT2D eigenvalue weighted by molar-refractivity contribution is 5.86. The van der Waals surface area contributed by atoms with Crippen LogP contribution in [-0.4, -0.2) is 39.8 Å². The molecular formula is C13H23N3O3. The lowest BCUT2D eigenvalue weighted by molar-refractivity contribution is 0.0688. The normalized spacial score (nSPS) is 12.9. The van der Waals surface area contributed by atoms with Gasteiger partial charge in [0.2, 0.25) is 0 Å². The Morgan fingerprint density at radius 2 is 2.11 bits per heavy atom.